The number of hydrogen-bond acceptors (Lipinski definition) is 4. The van der Waals surface area contributed by atoms with Crippen LogP contribution >= 0.6 is 7.87 Å². The highest BCUT2D eigenvalue weighted by Gasteiger charge is 2.59. The van der Waals surface area contributed by atoms with Crippen LogP contribution in [-0.4, -0.2) is 71.0 Å². The first-order chi connectivity index (χ1) is 14.1. The molecule has 0 heterocycles. The topological polar surface area (TPSA) is 13.0 Å². The van der Waals surface area contributed by atoms with E-state index in [1.807, 2.05) is 48.6 Å². The van der Waals surface area contributed by atoms with E-state index < -0.39 is 7.87 Å². The quantitative estimate of drug-likeness (QED) is 0.190. The van der Waals surface area contributed by atoms with Crippen LogP contribution in [0.1, 0.15) is 0 Å². The summed E-state index contributed by atoms with van der Waals surface area (Å²) in [5, 5.41) is 0. The van der Waals surface area contributed by atoms with Gasteiger partial charge in [0.2, 0.25) is 0 Å². The lowest BCUT2D eigenvalue weighted by Crippen LogP contribution is -3.00. The van der Waals surface area contributed by atoms with E-state index in [2.05, 4.69) is 71.3 Å². The van der Waals surface area contributed by atoms with E-state index in [9.17, 15) is 0 Å². The van der Waals surface area contributed by atoms with Gasteiger partial charge in [0.1, 0.15) is 0 Å². The van der Waals surface area contributed by atoms with Crippen molar-refractivity contribution in [2.45, 2.75) is 0 Å². The van der Waals surface area contributed by atoms with Gasteiger partial charge in [-0.25, -0.2) is 0 Å². The Kier molecular flexibility index (Phi) is 19.0. The zero-order chi connectivity index (χ0) is 22.1. The Hall–Kier alpha value is -1.33. The molecule has 0 aliphatic carbocycles. The summed E-state index contributed by atoms with van der Waals surface area (Å²) >= 11 is 0. The van der Waals surface area contributed by atoms with Gasteiger partial charge in [0, 0.05) is 0 Å². The van der Waals surface area contributed by atoms with Crippen LogP contribution in [0.5, 0.6) is 0 Å². The molecule has 0 bridgehead atoms. The zero-order valence-electron chi connectivity index (χ0n) is 18.5. The minimum atomic E-state index is -2.31. The minimum absolute atomic E-state index is 0. The maximum Gasteiger partial charge on any atom is 0.311 e. The Balaban J connectivity index is 0. The minimum Gasteiger partial charge on any atom is -1.00 e. The molecule has 0 aromatic heterocycles. The van der Waals surface area contributed by atoms with Crippen molar-refractivity contribution in [3.05, 3.63) is 101 Å². The van der Waals surface area contributed by atoms with Crippen LogP contribution in [0.15, 0.2) is 101 Å². The Morgan fingerprint density at radius 3 is 0.600 bits per heavy atom. The second kappa shape index (κ2) is 18.4. The van der Waals surface area contributed by atoms with Crippen molar-refractivity contribution in [3.63, 3.8) is 0 Å². The van der Waals surface area contributed by atoms with E-state index in [4.69, 9.17) is 0 Å². The van der Waals surface area contributed by atoms with Crippen LogP contribution in [0.4, 0.5) is 0 Å². The number of halogens is 1. The van der Waals surface area contributed by atoms with Gasteiger partial charge in [0.15, 0.2) is 0 Å². The first-order valence-corrected chi connectivity index (χ1v) is 11.5. The summed E-state index contributed by atoms with van der Waals surface area (Å²) in [4.78, 5) is 0. The molecule has 4 nitrogen and oxygen atoms in total. The van der Waals surface area contributed by atoms with E-state index >= 15 is 0 Å². The summed E-state index contributed by atoms with van der Waals surface area (Å²) in [6.45, 7) is 37.8. The standard InChI is InChI=1S/C24H40N4P.BrH/c1-9-17-25(18-10-2)29(26(19-11-3)20-12-4,27(21-13-5)22-14-6)28(23-15-7)24-16-8;/h9-16H,1-8,17-24H2;1H/q+1;/p-1. The second-order valence-electron chi connectivity index (χ2n) is 6.33. The smallest absolute Gasteiger partial charge is 0.311 e. The van der Waals surface area contributed by atoms with Crippen molar-refractivity contribution >= 4 is 7.87 Å². The predicted octanol–water partition coefficient (Wildman–Crippen LogP) is 2.36. The largest absolute Gasteiger partial charge is 1.00 e. The summed E-state index contributed by atoms with van der Waals surface area (Å²) in [6.07, 6.45) is 15.5. The van der Waals surface area contributed by atoms with Crippen LogP contribution in [0.2, 0.25) is 0 Å². The SMILES string of the molecule is C=CCN(CC=C)[P+](N(CC=C)CC=C)(N(CC=C)CC=C)N(CC=C)CC=C.[Br-]. The molecule has 0 saturated heterocycles. The van der Waals surface area contributed by atoms with Gasteiger partial charge in [-0.3, -0.25) is 0 Å². The molecule has 0 saturated carbocycles. The number of rotatable bonds is 20. The number of nitrogens with zero attached hydrogens (tertiary/aromatic N) is 4. The van der Waals surface area contributed by atoms with E-state index in [-0.39, 0.29) is 17.0 Å². The summed E-state index contributed by atoms with van der Waals surface area (Å²) < 4.78 is 9.78. The lowest BCUT2D eigenvalue weighted by molar-refractivity contribution is -0.00000629. The molecule has 168 valence electrons. The zero-order valence-corrected chi connectivity index (χ0v) is 21.0. The van der Waals surface area contributed by atoms with E-state index in [1.54, 1.807) is 0 Å². The molecule has 0 atom stereocenters. The van der Waals surface area contributed by atoms with Crippen molar-refractivity contribution in [3.8, 4) is 0 Å². The molecule has 0 unspecified atom stereocenters. The normalized spacial score (nSPS) is 11.1. The monoisotopic (exact) mass is 494 g/mol. The third kappa shape index (κ3) is 8.07. The fraction of sp³-hybridized carbons (Fsp3) is 0.333. The van der Waals surface area contributed by atoms with Gasteiger partial charge in [0.05, 0.1) is 52.4 Å². The molecule has 0 rings (SSSR count). The van der Waals surface area contributed by atoms with Crippen LogP contribution in [0.25, 0.3) is 0 Å². The molecule has 0 aromatic carbocycles. The van der Waals surface area contributed by atoms with Crippen LogP contribution in [0.3, 0.4) is 0 Å². The van der Waals surface area contributed by atoms with E-state index in [0.29, 0.717) is 52.4 Å². The van der Waals surface area contributed by atoms with Crippen molar-refractivity contribution in [2.75, 3.05) is 52.4 Å². The van der Waals surface area contributed by atoms with Gasteiger partial charge >= 0.3 is 7.87 Å². The Bertz CT molecular complexity index is 434. The third-order valence-electron chi connectivity index (χ3n) is 4.24. The van der Waals surface area contributed by atoms with Crippen molar-refractivity contribution in [1.29, 1.82) is 0 Å². The van der Waals surface area contributed by atoms with Crippen LogP contribution in [0, 0.1) is 0 Å². The Labute approximate surface area is 196 Å². The fourth-order valence-electron chi connectivity index (χ4n) is 3.44. The Morgan fingerprint density at radius 1 is 0.367 bits per heavy atom. The molecule has 0 radical (unpaired) electrons. The molecular weight excluding hydrogens is 455 g/mol. The maximum atomic E-state index is 4.02. The first kappa shape index (κ1) is 30.9. The van der Waals surface area contributed by atoms with Crippen LogP contribution in [-0.2, 0) is 0 Å². The molecule has 0 aromatic rings. The van der Waals surface area contributed by atoms with Gasteiger partial charge in [0.25, 0.3) is 0 Å². The highest BCUT2D eigenvalue weighted by Crippen LogP contribution is 2.69. The molecule has 0 N–H and O–H groups in total. The fourth-order valence-corrected chi connectivity index (χ4v) is 8.26. The van der Waals surface area contributed by atoms with Crippen molar-refractivity contribution in [2.24, 2.45) is 0 Å². The molecule has 0 aliphatic rings. The lowest BCUT2D eigenvalue weighted by atomic mass is 10.5. The highest BCUT2D eigenvalue weighted by molar-refractivity contribution is 7.66. The van der Waals surface area contributed by atoms with Gasteiger partial charge < -0.3 is 17.0 Å². The highest BCUT2D eigenvalue weighted by atomic mass is 79.9. The molecule has 0 spiro atoms. The average Bonchev–Trinajstić information content (AvgIpc) is 2.70. The summed E-state index contributed by atoms with van der Waals surface area (Å²) in [5.41, 5.74) is 0. The molecule has 0 amide bonds. The Morgan fingerprint density at radius 2 is 0.500 bits per heavy atom. The van der Waals surface area contributed by atoms with Gasteiger partial charge in [-0.15, -0.1) is 71.3 Å². The lowest BCUT2D eigenvalue weighted by Gasteiger charge is -2.50. The predicted molar refractivity (Wildman–Crippen MR) is 135 cm³/mol. The van der Waals surface area contributed by atoms with Gasteiger partial charge in [-0.05, 0) is 0 Å². The molecular formula is C24H40BrN4P. The summed E-state index contributed by atoms with van der Waals surface area (Å²) in [7, 11) is -2.31. The van der Waals surface area contributed by atoms with Gasteiger partial charge in [-0.2, -0.15) is 0 Å². The molecule has 30 heavy (non-hydrogen) atoms. The second-order valence-corrected chi connectivity index (χ2v) is 9.67. The van der Waals surface area contributed by atoms with Crippen molar-refractivity contribution in [1.82, 2.24) is 18.7 Å². The molecule has 6 heteroatoms. The van der Waals surface area contributed by atoms with E-state index in [0.717, 1.165) is 0 Å². The molecule has 0 fully saturated rings. The maximum absolute atomic E-state index is 4.02. The third-order valence-corrected chi connectivity index (χ3v) is 8.58. The summed E-state index contributed by atoms with van der Waals surface area (Å²) in [5.74, 6) is 0. The summed E-state index contributed by atoms with van der Waals surface area (Å²) in [6, 6.07) is 0. The molecule has 0 aliphatic heterocycles. The van der Waals surface area contributed by atoms with Crippen LogP contribution < -0.4 is 17.0 Å². The average molecular weight is 495 g/mol. The first-order valence-electron chi connectivity index (χ1n) is 9.86. The van der Waals surface area contributed by atoms with Crippen molar-refractivity contribution < 1.29 is 17.0 Å². The van der Waals surface area contributed by atoms with E-state index in [1.165, 1.54) is 0 Å². The number of hydrogen-bond donors (Lipinski definition) is 0. The van der Waals surface area contributed by atoms with Gasteiger partial charge in [-0.1, -0.05) is 48.6 Å².